The van der Waals surface area contributed by atoms with E-state index in [2.05, 4.69) is 49.1 Å². The number of benzene rings is 1. The van der Waals surface area contributed by atoms with Gasteiger partial charge in [-0.15, -0.1) is 0 Å². The second-order valence-corrected chi connectivity index (χ2v) is 4.87. The summed E-state index contributed by atoms with van der Waals surface area (Å²) in [6.07, 6.45) is 4.48. The summed E-state index contributed by atoms with van der Waals surface area (Å²) in [6.45, 7) is 6.50. The summed E-state index contributed by atoms with van der Waals surface area (Å²) in [7, 11) is 0. The molecular weight excluding hydrogens is 208 g/mol. The standard InChI is InChI=1S/C15H22N2/c1-3-15(16)13-6-8-14(9-7-13)17-10-4-5-12(2)11-17/h5-9,15H,3-4,10-11,16H2,1-2H3/t15-/m0/s1. The SMILES string of the molecule is CC[C@H](N)c1ccc(N2CCC=C(C)C2)cc1. The fourth-order valence-electron chi connectivity index (χ4n) is 2.30. The molecule has 2 heteroatoms. The van der Waals surface area contributed by atoms with E-state index in [0.29, 0.717) is 0 Å². The summed E-state index contributed by atoms with van der Waals surface area (Å²) in [4.78, 5) is 2.43. The van der Waals surface area contributed by atoms with E-state index in [1.807, 2.05) is 0 Å². The highest BCUT2D eigenvalue weighted by Gasteiger charge is 2.11. The van der Waals surface area contributed by atoms with Crippen molar-refractivity contribution in [1.82, 2.24) is 0 Å². The monoisotopic (exact) mass is 230 g/mol. The van der Waals surface area contributed by atoms with Crippen LogP contribution in [0.5, 0.6) is 0 Å². The van der Waals surface area contributed by atoms with Crippen LogP contribution in [0.15, 0.2) is 35.9 Å². The van der Waals surface area contributed by atoms with Crippen molar-refractivity contribution in [3.8, 4) is 0 Å². The molecule has 2 nitrogen and oxygen atoms in total. The van der Waals surface area contributed by atoms with Crippen molar-refractivity contribution in [3.05, 3.63) is 41.5 Å². The zero-order valence-electron chi connectivity index (χ0n) is 10.8. The summed E-state index contributed by atoms with van der Waals surface area (Å²) in [5, 5.41) is 0. The Hall–Kier alpha value is -1.28. The van der Waals surface area contributed by atoms with Crippen LogP contribution in [0.3, 0.4) is 0 Å². The van der Waals surface area contributed by atoms with E-state index in [0.717, 1.165) is 25.9 Å². The van der Waals surface area contributed by atoms with Gasteiger partial charge in [-0.05, 0) is 37.5 Å². The lowest BCUT2D eigenvalue weighted by molar-refractivity contribution is 0.698. The second-order valence-electron chi connectivity index (χ2n) is 4.87. The van der Waals surface area contributed by atoms with Gasteiger partial charge in [-0.1, -0.05) is 30.7 Å². The first kappa shape index (κ1) is 12.2. The summed E-state index contributed by atoms with van der Waals surface area (Å²) in [5.41, 5.74) is 10.0. The lowest BCUT2D eigenvalue weighted by atomic mass is 10.0. The van der Waals surface area contributed by atoms with Gasteiger partial charge in [-0.2, -0.15) is 0 Å². The molecule has 1 aliphatic heterocycles. The Morgan fingerprint density at radius 2 is 2.00 bits per heavy atom. The smallest absolute Gasteiger partial charge is 0.0386 e. The molecule has 0 fully saturated rings. The van der Waals surface area contributed by atoms with E-state index in [-0.39, 0.29) is 6.04 Å². The van der Waals surface area contributed by atoms with Crippen LogP contribution < -0.4 is 10.6 Å². The van der Waals surface area contributed by atoms with Crippen molar-refractivity contribution in [1.29, 1.82) is 0 Å². The summed E-state index contributed by atoms with van der Waals surface area (Å²) in [6, 6.07) is 8.90. The fraction of sp³-hybridized carbons (Fsp3) is 0.467. The van der Waals surface area contributed by atoms with Crippen LogP contribution in [-0.2, 0) is 0 Å². The van der Waals surface area contributed by atoms with E-state index < -0.39 is 0 Å². The normalized spacial score (nSPS) is 17.8. The van der Waals surface area contributed by atoms with Crippen molar-refractivity contribution in [2.45, 2.75) is 32.7 Å². The Labute approximate surface area is 104 Å². The number of rotatable bonds is 3. The third-order valence-electron chi connectivity index (χ3n) is 3.46. The highest BCUT2D eigenvalue weighted by Crippen LogP contribution is 2.22. The summed E-state index contributed by atoms with van der Waals surface area (Å²) < 4.78 is 0. The molecule has 0 spiro atoms. The number of anilines is 1. The van der Waals surface area contributed by atoms with Crippen LogP contribution >= 0.6 is 0 Å². The molecule has 1 atom stereocenters. The van der Waals surface area contributed by atoms with Gasteiger partial charge in [0.25, 0.3) is 0 Å². The first-order valence-electron chi connectivity index (χ1n) is 6.47. The van der Waals surface area contributed by atoms with Gasteiger partial charge in [0, 0.05) is 24.8 Å². The van der Waals surface area contributed by atoms with Crippen molar-refractivity contribution in [3.63, 3.8) is 0 Å². The summed E-state index contributed by atoms with van der Waals surface area (Å²) in [5.74, 6) is 0. The van der Waals surface area contributed by atoms with Crippen molar-refractivity contribution >= 4 is 5.69 Å². The fourth-order valence-corrected chi connectivity index (χ4v) is 2.30. The minimum atomic E-state index is 0.173. The first-order valence-corrected chi connectivity index (χ1v) is 6.47. The van der Waals surface area contributed by atoms with E-state index in [1.54, 1.807) is 0 Å². The molecule has 1 aromatic rings. The molecule has 2 rings (SSSR count). The molecule has 0 saturated heterocycles. The molecule has 0 aromatic heterocycles. The van der Waals surface area contributed by atoms with Crippen LogP contribution in [0.2, 0.25) is 0 Å². The molecule has 17 heavy (non-hydrogen) atoms. The van der Waals surface area contributed by atoms with Crippen LogP contribution in [0, 0.1) is 0 Å². The molecule has 0 bridgehead atoms. The maximum Gasteiger partial charge on any atom is 0.0386 e. The van der Waals surface area contributed by atoms with E-state index in [1.165, 1.54) is 16.8 Å². The van der Waals surface area contributed by atoms with Gasteiger partial charge in [0.05, 0.1) is 0 Å². The lowest BCUT2D eigenvalue weighted by Gasteiger charge is -2.28. The third-order valence-corrected chi connectivity index (χ3v) is 3.46. The van der Waals surface area contributed by atoms with Crippen molar-refractivity contribution < 1.29 is 0 Å². The Bertz CT molecular complexity index is 392. The molecule has 0 saturated carbocycles. The highest BCUT2D eigenvalue weighted by molar-refractivity contribution is 5.50. The summed E-state index contributed by atoms with van der Waals surface area (Å²) >= 11 is 0. The number of hydrogen-bond acceptors (Lipinski definition) is 2. The molecule has 0 unspecified atom stereocenters. The van der Waals surface area contributed by atoms with Gasteiger partial charge in [-0.3, -0.25) is 0 Å². The average molecular weight is 230 g/mol. The highest BCUT2D eigenvalue weighted by atomic mass is 15.1. The molecule has 1 aromatic carbocycles. The predicted molar refractivity (Wildman–Crippen MR) is 74.2 cm³/mol. The lowest BCUT2D eigenvalue weighted by Crippen LogP contribution is -2.29. The number of nitrogens with two attached hydrogens (primary N) is 1. The Balaban J connectivity index is 2.10. The van der Waals surface area contributed by atoms with E-state index in [4.69, 9.17) is 5.73 Å². The molecule has 0 aliphatic carbocycles. The third kappa shape index (κ3) is 2.89. The quantitative estimate of drug-likeness (QED) is 0.808. The van der Waals surface area contributed by atoms with Crippen LogP contribution in [-0.4, -0.2) is 13.1 Å². The minimum Gasteiger partial charge on any atom is -0.367 e. The largest absolute Gasteiger partial charge is 0.367 e. The van der Waals surface area contributed by atoms with Crippen LogP contribution in [0.4, 0.5) is 5.69 Å². The molecular formula is C15H22N2. The van der Waals surface area contributed by atoms with E-state index in [9.17, 15) is 0 Å². The van der Waals surface area contributed by atoms with Gasteiger partial charge < -0.3 is 10.6 Å². The van der Waals surface area contributed by atoms with Gasteiger partial charge in [0.2, 0.25) is 0 Å². The zero-order chi connectivity index (χ0) is 12.3. The molecule has 1 heterocycles. The first-order chi connectivity index (χ1) is 8.20. The Kier molecular flexibility index (Phi) is 3.85. The zero-order valence-corrected chi connectivity index (χ0v) is 10.8. The minimum absolute atomic E-state index is 0.173. The Morgan fingerprint density at radius 1 is 1.29 bits per heavy atom. The van der Waals surface area contributed by atoms with Gasteiger partial charge >= 0.3 is 0 Å². The van der Waals surface area contributed by atoms with Crippen molar-refractivity contribution in [2.75, 3.05) is 18.0 Å². The number of nitrogens with zero attached hydrogens (tertiary/aromatic N) is 1. The van der Waals surface area contributed by atoms with Gasteiger partial charge in [0.1, 0.15) is 0 Å². The second kappa shape index (κ2) is 5.37. The molecule has 0 radical (unpaired) electrons. The molecule has 92 valence electrons. The van der Waals surface area contributed by atoms with Gasteiger partial charge in [-0.25, -0.2) is 0 Å². The maximum atomic E-state index is 6.02. The molecule has 0 amide bonds. The molecule has 2 N–H and O–H groups in total. The van der Waals surface area contributed by atoms with E-state index >= 15 is 0 Å². The van der Waals surface area contributed by atoms with Gasteiger partial charge in [0.15, 0.2) is 0 Å². The average Bonchev–Trinajstić information content (AvgIpc) is 2.38. The van der Waals surface area contributed by atoms with Crippen LogP contribution in [0.25, 0.3) is 0 Å². The Morgan fingerprint density at radius 3 is 2.59 bits per heavy atom. The van der Waals surface area contributed by atoms with Crippen LogP contribution in [0.1, 0.15) is 38.3 Å². The topological polar surface area (TPSA) is 29.3 Å². The molecule has 1 aliphatic rings. The number of hydrogen-bond donors (Lipinski definition) is 1. The predicted octanol–water partition coefficient (Wildman–Crippen LogP) is 3.25. The maximum absolute atomic E-state index is 6.02. The van der Waals surface area contributed by atoms with Crippen molar-refractivity contribution in [2.24, 2.45) is 5.73 Å².